The highest BCUT2D eigenvalue weighted by Gasteiger charge is 2.30. The number of aliphatic hydroxyl groups excluding tert-OH is 1. The lowest BCUT2D eigenvalue weighted by Gasteiger charge is -2.17. The van der Waals surface area contributed by atoms with Crippen LogP contribution in [0.25, 0.3) is 22.2 Å². The lowest BCUT2D eigenvalue weighted by atomic mass is 10.0. The van der Waals surface area contributed by atoms with Crippen LogP contribution in [0.3, 0.4) is 0 Å². The predicted molar refractivity (Wildman–Crippen MR) is 124 cm³/mol. The molecule has 0 aliphatic heterocycles. The van der Waals surface area contributed by atoms with Gasteiger partial charge in [-0.25, -0.2) is 4.98 Å². The van der Waals surface area contributed by atoms with Crippen LogP contribution in [0.4, 0.5) is 13.2 Å². The summed E-state index contributed by atoms with van der Waals surface area (Å²) >= 11 is 0. The Bertz CT molecular complexity index is 1350. The van der Waals surface area contributed by atoms with Crippen molar-refractivity contribution in [2.45, 2.75) is 12.2 Å². The van der Waals surface area contributed by atoms with E-state index in [4.69, 9.17) is 4.74 Å². The van der Waals surface area contributed by atoms with Crippen molar-refractivity contribution >= 4 is 16.8 Å². The minimum atomic E-state index is -4.44. The number of amides is 1. The van der Waals surface area contributed by atoms with Crippen LogP contribution in [0, 0.1) is 0 Å². The van der Waals surface area contributed by atoms with E-state index in [9.17, 15) is 28.2 Å². The summed E-state index contributed by atoms with van der Waals surface area (Å²) in [6.07, 6.45) is -4.44. The Morgan fingerprint density at radius 1 is 1.03 bits per heavy atom. The normalized spacial score (nSPS) is 12.4. The van der Waals surface area contributed by atoms with Crippen molar-refractivity contribution < 1.29 is 32.9 Å². The first kappa shape index (κ1) is 24.0. The number of alkyl halides is 3. The average molecular weight is 482 g/mol. The summed E-state index contributed by atoms with van der Waals surface area (Å²) in [4.78, 5) is 17.4. The zero-order valence-corrected chi connectivity index (χ0v) is 18.5. The fourth-order valence-corrected chi connectivity index (χ4v) is 3.67. The molecule has 4 rings (SSSR count). The Hall–Kier alpha value is -4.11. The van der Waals surface area contributed by atoms with Crippen molar-refractivity contribution in [1.29, 1.82) is 0 Å². The largest absolute Gasteiger partial charge is 0.508 e. The molecule has 3 aromatic carbocycles. The molecule has 9 heteroatoms. The van der Waals surface area contributed by atoms with Gasteiger partial charge in [0.15, 0.2) is 0 Å². The second-order valence-electron chi connectivity index (χ2n) is 7.82. The summed E-state index contributed by atoms with van der Waals surface area (Å²) in [7, 11) is 1.47. The molecular weight excluding hydrogens is 461 g/mol. The maximum absolute atomic E-state index is 12.9. The number of fused-ring (bicyclic) bond motifs is 1. The Kier molecular flexibility index (Phi) is 6.61. The number of aromatic hydroxyl groups is 1. The lowest BCUT2D eigenvalue weighted by molar-refractivity contribution is -0.137. The summed E-state index contributed by atoms with van der Waals surface area (Å²) in [5.41, 5.74) is 1.38. The van der Waals surface area contributed by atoms with Crippen molar-refractivity contribution in [3.8, 4) is 22.8 Å². The van der Waals surface area contributed by atoms with E-state index in [1.807, 2.05) is 0 Å². The number of aliphatic hydroxyl groups is 1. The quantitative estimate of drug-likeness (QED) is 0.356. The van der Waals surface area contributed by atoms with Gasteiger partial charge in [0.2, 0.25) is 0 Å². The number of phenols is 1. The standard InChI is InChI=1S/C26H21F3N2O4/c1-35-24-13-21(15-2-7-18(8-3-15)26(27,28)29)30-22-12-17(6-11-20(22)24)25(34)31-23(14-32)16-4-9-19(33)10-5-16/h2-13,23,32-33H,14H2,1H3,(H,31,34)/t23-/m0/s1. The number of carbonyl (C=O) groups excluding carboxylic acids is 1. The number of rotatable bonds is 6. The molecule has 35 heavy (non-hydrogen) atoms. The molecule has 0 aliphatic carbocycles. The Morgan fingerprint density at radius 2 is 1.71 bits per heavy atom. The molecule has 6 nitrogen and oxygen atoms in total. The fourth-order valence-electron chi connectivity index (χ4n) is 3.67. The first-order valence-electron chi connectivity index (χ1n) is 10.6. The average Bonchev–Trinajstić information content (AvgIpc) is 2.86. The van der Waals surface area contributed by atoms with Gasteiger partial charge in [-0.15, -0.1) is 0 Å². The third-order valence-corrected chi connectivity index (χ3v) is 5.55. The molecule has 0 fully saturated rings. The Morgan fingerprint density at radius 3 is 2.31 bits per heavy atom. The highest BCUT2D eigenvalue weighted by Crippen LogP contribution is 2.33. The second kappa shape index (κ2) is 9.63. The number of ether oxygens (including phenoxy) is 1. The van der Waals surface area contributed by atoms with E-state index in [-0.39, 0.29) is 17.9 Å². The van der Waals surface area contributed by atoms with Crippen LogP contribution in [0.15, 0.2) is 72.8 Å². The molecule has 0 saturated carbocycles. The van der Waals surface area contributed by atoms with Gasteiger partial charge >= 0.3 is 6.18 Å². The van der Waals surface area contributed by atoms with Gasteiger partial charge in [0.1, 0.15) is 11.5 Å². The monoisotopic (exact) mass is 482 g/mol. The topological polar surface area (TPSA) is 91.7 Å². The van der Waals surface area contributed by atoms with Gasteiger partial charge in [0.25, 0.3) is 5.91 Å². The van der Waals surface area contributed by atoms with E-state index in [0.29, 0.717) is 33.5 Å². The summed E-state index contributed by atoms with van der Waals surface area (Å²) < 4.78 is 44.2. The van der Waals surface area contributed by atoms with E-state index in [2.05, 4.69) is 10.3 Å². The first-order valence-corrected chi connectivity index (χ1v) is 10.6. The molecule has 4 aromatic rings. The van der Waals surface area contributed by atoms with E-state index in [1.54, 1.807) is 36.4 Å². The molecule has 3 N–H and O–H groups in total. The minimum Gasteiger partial charge on any atom is -0.508 e. The van der Waals surface area contributed by atoms with E-state index < -0.39 is 23.7 Å². The SMILES string of the molecule is COc1cc(-c2ccc(C(F)(F)F)cc2)nc2cc(C(=O)N[C@@H](CO)c3ccc(O)cc3)ccc12. The number of methoxy groups -OCH3 is 1. The maximum Gasteiger partial charge on any atom is 0.416 e. The third kappa shape index (κ3) is 5.20. The van der Waals surface area contributed by atoms with Gasteiger partial charge in [-0.2, -0.15) is 13.2 Å². The zero-order valence-electron chi connectivity index (χ0n) is 18.5. The van der Waals surface area contributed by atoms with Crippen molar-refractivity contribution in [1.82, 2.24) is 10.3 Å². The fraction of sp³-hybridized carbons (Fsp3) is 0.154. The minimum absolute atomic E-state index is 0.0650. The number of hydrogen-bond acceptors (Lipinski definition) is 5. The smallest absolute Gasteiger partial charge is 0.416 e. The summed E-state index contributed by atoms with van der Waals surface area (Å²) in [6.45, 7) is -0.353. The number of nitrogens with zero attached hydrogens (tertiary/aromatic N) is 1. The van der Waals surface area contributed by atoms with Crippen LogP contribution in [0.5, 0.6) is 11.5 Å². The van der Waals surface area contributed by atoms with Crippen LogP contribution < -0.4 is 10.1 Å². The molecule has 1 atom stereocenters. The number of hydrogen-bond donors (Lipinski definition) is 3. The molecule has 1 aromatic heterocycles. The van der Waals surface area contributed by atoms with Gasteiger partial charge in [-0.05, 0) is 48.0 Å². The maximum atomic E-state index is 12.9. The number of phenolic OH excluding ortho intramolecular Hbond substituents is 1. The molecule has 0 aliphatic rings. The Balaban J connectivity index is 1.66. The van der Waals surface area contributed by atoms with Crippen molar-refractivity contribution in [3.05, 3.63) is 89.5 Å². The van der Waals surface area contributed by atoms with E-state index in [0.717, 1.165) is 12.1 Å². The number of carbonyl (C=O) groups is 1. The molecule has 0 saturated heterocycles. The number of halogens is 3. The summed E-state index contributed by atoms with van der Waals surface area (Å²) in [5.74, 6) is 0.0593. The van der Waals surface area contributed by atoms with Crippen LogP contribution in [0.1, 0.15) is 27.5 Å². The van der Waals surface area contributed by atoms with Gasteiger partial charge in [-0.3, -0.25) is 4.79 Å². The number of pyridine rings is 1. The first-order chi connectivity index (χ1) is 16.7. The molecule has 0 bridgehead atoms. The molecular formula is C26H21F3N2O4. The van der Waals surface area contributed by atoms with Crippen molar-refractivity contribution in [3.63, 3.8) is 0 Å². The lowest BCUT2D eigenvalue weighted by Crippen LogP contribution is -2.30. The predicted octanol–water partition coefficient (Wildman–Crippen LogP) is 5.10. The summed E-state index contributed by atoms with van der Waals surface area (Å²) in [6, 6.07) is 16.5. The molecule has 1 heterocycles. The van der Waals surface area contributed by atoms with Gasteiger partial charge in [0.05, 0.1) is 36.5 Å². The van der Waals surface area contributed by atoms with E-state index in [1.165, 1.54) is 31.4 Å². The van der Waals surface area contributed by atoms with Crippen LogP contribution in [-0.4, -0.2) is 34.8 Å². The molecule has 180 valence electrons. The van der Waals surface area contributed by atoms with Crippen LogP contribution >= 0.6 is 0 Å². The van der Waals surface area contributed by atoms with E-state index >= 15 is 0 Å². The zero-order chi connectivity index (χ0) is 25.2. The van der Waals surface area contributed by atoms with Crippen molar-refractivity contribution in [2.75, 3.05) is 13.7 Å². The van der Waals surface area contributed by atoms with Crippen LogP contribution in [-0.2, 0) is 6.18 Å². The third-order valence-electron chi connectivity index (χ3n) is 5.55. The second-order valence-corrected chi connectivity index (χ2v) is 7.82. The molecule has 1 amide bonds. The van der Waals surface area contributed by atoms with Gasteiger partial charge in [-0.1, -0.05) is 24.3 Å². The van der Waals surface area contributed by atoms with Gasteiger partial charge < -0.3 is 20.3 Å². The molecule has 0 unspecified atom stereocenters. The van der Waals surface area contributed by atoms with Crippen molar-refractivity contribution in [2.24, 2.45) is 0 Å². The number of aromatic nitrogens is 1. The highest BCUT2D eigenvalue weighted by atomic mass is 19.4. The number of nitrogens with one attached hydrogen (secondary N) is 1. The van der Waals surface area contributed by atoms with Crippen LogP contribution in [0.2, 0.25) is 0 Å². The number of benzene rings is 3. The van der Waals surface area contributed by atoms with Gasteiger partial charge in [0, 0.05) is 22.6 Å². The Labute approximate surface area is 198 Å². The highest BCUT2D eigenvalue weighted by molar-refractivity contribution is 5.99. The molecule has 0 spiro atoms. The summed E-state index contributed by atoms with van der Waals surface area (Å²) in [5, 5.41) is 22.6. The molecule has 0 radical (unpaired) electrons.